The van der Waals surface area contributed by atoms with Crippen LogP contribution in [0.25, 0.3) is 0 Å². The molecule has 72 valence electrons. The molecule has 0 radical (unpaired) electrons. The number of hydrogen-bond acceptors (Lipinski definition) is 2. The van der Waals surface area contributed by atoms with Crippen molar-refractivity contribution in [2.75, 3.05) is 0 Å². The second-order valence-electron chi connectivity index (χ2n) is 3.85. The maximum absolute atomic E-state index is 9.36. The minimum absolute atomic E-state index is 0.209. The van der Waals surface area contributed by atoms with Crippen LogP contribution in [0.2, 0.25) is 0 Å². The van der Waals surface area contributed by atoms with E-state index < -0.39 is 12.2 Å². The van der Waals surface area contributed by atoms with Crippen LogP contribution < -0.4 is 0 Å². The van der Waals surface area contributed by atoms with E-state index in [1.165, 1.54) is 0 Å². The van der Waals surface area contributed by atoms with Crippen LogP contribution in [0.1, 0.15) is 27.7 Å². The van der Waals surface area contributed by atoms with E-state index >= 15 is 0 Å². The van der Waals surface area contributed by atoms with Crippen molar-refractivity contribution < 1.29 is 10.2 Å². The summed E-state index contributed by atoms with van der Waals surface area (Å²) in [5, 5.41) is 18.7. The van der Waals surface area contributed by atoms with Gasteiger partial charge in [0.05, 0.1) is 12.2 Å². The van der Waals surface area contributed by atoms with Crippen LogP contribution in [0, 0.1) is 11.8 Å². The molecule has 0 saturated carbocycles. The van der Waals surface area contributed by atoms with Gasteiger partial charge in [0, 0.05) is 0 Å². The molecule has 2 unspecified atom stereocenters. The molecule has 0 heterocycles. The third kappa shape index (κ3) is 4.52. The van der Waals surface area contributed by atoms with Gasteiger partial charge in [0.25, 0.3) is 0 Å². The lowest BCUT2D eigenvalue weighted by molar-refractivity contribution is 0.156. The molecular weight excluding hydrogens is 152 g/mol. The molecular formula is C10H20O2. The first kappa shape index (κ1) is 11.7. The second-order valence-corrected chi connectivity index (χ2v) is 3.85. The van der Waals surface area contributed by atoms with Crippen LogP contribution in [0.15, 0.2) is 12.2 Å². The van der Waals surface area contributed by atoms with Crippen LogP contribution in [-0.4, -0.2) is 22.4 Å². The molecule has 0 bridgehead atoms. The largest absolute Gasteiger partial charge is 0.389 e. The van der Waals surface area contributed by atoms with Gasteiger partial charge in [-0.1, -0.05) is 39.8 Å². The standard InChI is InChI=1S/C10H20O2/c1-7(2)9(11)5-6-10(12)8(3)4/h5-12H,1-4H3/b6-5-. The second kappa shape index (κ2) is 5.33. The van der Waals surface area contributed by atoms with Crippen LogP contribution in [0.5, 0.6) is 0 Å². The SMILES string of the molecule is CC(C)C(O)/C=C\C(O)C(C)C. The molecule has 0 saturated heterocycles. The van der Waals surface area contributed by atoms with E-state index in [0.29, 0.717) is 0 Å². The van der Waals surface area contributed by atoms with Crippen molar-refractivity contribution >= 4 is 0 Å². The summed E-state index contributed by atoms with van der Waals surface area (Å²) in [6, 6.07) is 0. The van der Waals surface area contributed by atoms with Gasteiger partial charge in [0.1, 0.15) is 0 Å². The summed E-state index contributed by atoms with van der Waals surface area (Å²) < 4.78 is 0. The van der Waals surface area contributed by atoms with Gasteiger partial charge in [-0.25, -0.2) is 0 Å². The maximum atomic E-state index is 9.36. The molecule has 12 heavy (non-hydrogen) atoms. The zero-order valence-corrected chi connectivity index (χ0v) is 8.36. The Bertz CT molecular complexity index is 123. The van der Waals surface area contributed by atoms with Crippen molar-refractivity contribution in [2.45, 2.75) is 39.9 Å². The Labute approximate surface area is 74.9 Å². The van der Waals surface area contributed by atoms with E-state index in [0.717, 1.165) is 0 Å². The molecule has 0 aliphatic rings. The van der Waals surface area contributed by atoms with E-state index in [4.69, 9.17) is 0 Å². The first-order valence-electron chi connectivity index (χ1n) is 4.49. The molecule has 0 fully saturated rings. The predicted octanol–water partition coefficient (Wildman–Crippen LogP) is 1.58. The maximum Gasteiger partial charge on any atom is 0.0744 e. The minimum Gasteiger partial charge on any atom is -0.389 e. The summed E-state index contributed by atoms with van der Waals surface area (Å²) in [6.07, 6.45) is 2.43. The highest BCUT2D eigenvalue weighted by Gasteiger charge is 2.07. The van der Waals surface area contributed by atoms with Gasteiger partial charge < -0.3 is 10.2 Å². The number of hydrogen-bond donors (Lipinski definition) is 2. The molecule has 2 atom stereocenters. The fraction of sp³-hybridized carbons (Fsp3) is 0.800. The van der Waals surface area contributed by atoms with Gasteiger partial charge in [-0.05, 0) is 11.8 Å². The van der Waals surface area contributed by atoms with Crippen molar-refractivity contribution in [3.8, 4) is 0 Å². The first-order valence-corrected chi connectivity index (χ1v) is 4.49. The third-order valence-corrected chi connectivity index (χ3v) is 1.87. The van der Waals surface area contributed by atoms with Crippen LogP contribution in [0.3, 0.4) is 0 Å². The van der Waals surface area contributed by atoms with E-state index in [2.05, 4.69) is 0 Å². The summed E-state index contributed by atoms with van der Waals surface area (Å²) in [6.45, 7) is 7.76. The van der Waals surface area contributed by atoms with Crippen molar-refractivity contribution in [1.29, 1.82) is 0 Å². The minimum atomic E-state index is -0.446. The third-order valence-electron chi connectivity index (χ3n) is 1.87. The van der Waals surface area contributed by atoms with Crippen molar-refractivity contribution in [3.05, 3.63) is 12.2 Å². The average Bonchev–Trinajstić information content (AvgIpc) is 1.98. The van der Waals surface area contributed by atoms with Crippen molar-refractivity contribution in [1.82, 2.24) is 0 Å². The summed E-state index contributed by atoms with van der Waals surface area (Å²) in [5.41, 5.74) is 0. The smallest absolute Gasteiger partial charge is 0.0744 e. The van der Waals surface area contributed by atoms with Crippen molar-refractivity contribution in [2.24, 2.45) is 11.8 Å². The Kier molecular flexibility index (Phi) is 5.18. The highest BCUT2D eigenvalue weighted by molar-refractivity contribution is 4.95. The lowest BCUT2D eigenvalue weighted by Gasteiger charge is -2.12. The van der Waals surface area contributed by atoms with Crippen LogP contribution >= 0.6 is 0 Å². The van der Waals surface area contributed by atoms with Gasteiger partial charge in [-0.3, -0.25) is 0 Å². The Morgan fingerprint density at radius 3 is 1.17 bits per heavy atom. The molecule has 0 aromatic rings. The normalized spacial score (nSPS) is 17.7. The number of aliphatic hydroxyl groups is 2. The van der Waals surface area contributed by atoms with E-state index in [1.807, 2.05) is 27.7 Å². The topological polar surface area (TPSA) is 40.5 Å². The van der Waals surface area contributed by atoms with Crippen LogP contribution in [-0.2, 0) is 0 Å². The molecule has 0 aromatic carbocycles. The fourth-order valence-corrected chi connectivity index (χ4v) is 0.672. The fourth-order valence-electron chi connectivity index (χ4n) is 0.672. The Morgan fingerprint density at radius 2 is 1.00 bits per heavy atom. The molecule has 0 amide bonds. The van der Waals surface area contributed by atoms with Gasteiger partial charge in [0.2, 0.25) is 0 Å². The van der Waals surface area contributed by atoms with Gasteiger partial charge >= 0.3 is 0 Å². The molecule has 2 N–H and O–H groups in total. The average molecular weight is 172 g/mol. The number of rotatable bonds is 4. The predicted molar refractivity (Wildman–Crippen MR) is 50.8 cm³/mol. The summed E-state index contributed by atoms with van der Waals surface area (Å²) in [4.78, 5) is 0. The Balaban J connectivity index is 3.89. The Morgan fingerprint density at radius 1 is 0.750 bits per heavy atom. The van der Waals surface area contributed by atoms with E-state index in [-0.39, 0.29) is 11.8 Å². The quantitative estimate of drug-likeness (QED) is 0.632. The molecule has 0 aromatic heterocycles. The lowest BCUT2D eigenvalue weighted by atomic mass is 10.0. The summed E-state index contributed by atoms with van der Waals surface area (Å²) in [7, 11) is 0. The van der Waals surface area contributed by atoms with Gasteiger partial charge in [-0.2, -0.15) is 0 Å². The molecule has 2 nitrogen and oxygen atoms in total. The highest BCUT2D eigenvalue weighted by Crippen LogP contribution is 2.06. The molecule has 0 aliphatic carbocycles. The lowest BCUT2D eigenvalue weighted by Crippen LogP contribution is -2.15. The van der Waals surface area contributed by atoms with E-state index in [1.54, 1.807) is 12.2 Å². The zero-order valence-electron chi connectivity index (χ0n) is 8.36. The zero-order chi connectivity index (χ0) is 9.72. The Hall–Kier alpha value is -0.340. The summed E-state index contributed by atoms with van der Waals surface area (Å²) in [5.74, 6) is 0.418. The van der Waals surface area contributed by atoms with Gasteiger partial charge in [-0.15, -0.1) is 0 Å². The summed E-state index contributed by atoms with van der Waals surface area (Å²) >= 11 is 0. The molecule has 0 spiro atoms. The molecule has 0 rings (SSSR count). The monoisotopic (exact) mass is 172 g/mol. The van der Waals surface area contributed by atoms with Crippen LogP contribution in [0.4, 0.5) is 0 Å². The van der Waals surface area contributed by atoms with Crippen molar-refractivity contribution in [3.63, 3.8) is 0 Å². The number of aliphatic hydroxyl groups excluding tert-OH is 2. The molecule has 0 aliphatic heterocycles. The van der Waals surface area contributed by atoms with Gasteiger partial charge in [0.15, 0.2) is 0 Å². The highest BCUT2D eigenvalue weighted by atomic mass is 16.3. The molecule has 2 heteroatoms. The van der Waals surface area contributed by atoms with E-state index in [9.17, 15) is 10.2 Å². The first-order chi connectivity index (χ1) is 5.45.